The summed E-state index contributed by atoms with van der Waals surface area (Å²) in [4.78, 5) is 11.4. The van der Waals surface area contributed by atoms with E-state index in [1.165, 1.54) is 16.7 Å². The average molecular weight is 264 g/mol. The van der Waals surface area contributed by atoms with Gasteiger partial charge in [-0.05, 0) is 38.3 Å². The van der Waals surface area contributed by atoms with Crippen LogP contribution in [0.1, 0.15) is 30.0 Å². The summed E-state index contributed by atoms with van der Waals surface area (Å²) in [5, 5.41) is 6.04. The zero-order valence-electron chi connectivity index (χ0n) is 11.1. The van der Waals surface area contributed by atoms with Crippen LogP contribution in [-0.4, -0.2) is 17.4 Å². The minimum absolute atomic E-state index is 0.0489. The Hall–Kier alpha value is -1.16. The Kier molecular flexibility index (Phi) is 4.17. The molecule has 1 heterocycles. The lowest BCUT2D eigenvalue weighted by molar-refractivity contribution is 0.228. The summed E-state index contributed by atoms with van der Waals surface area (Å²) in [6.45, 7) is 6.30. The quantitative estimate of drug-likeness (QED) is 0.881. The highest BCUT2D eigenvalue weighted by molar-refractivity contribution is 7.99. The van der Waals surface area contributed by atoms with E-state index in [4.69, 9.17) is 0 Å². The molecule has 0 radical (unpaired) electrons. The van der Waals surface area contributed by atoms with Crippen molar-refractivity contribution in [2.75, 3.05) is 0 Å². The van der Waals surface area contributed by atoms with Crippen LogP contribution in [0.25, 0.3) is 0 Å². The molecule has 2 amide bonds. The molecule has 98 valence electrons. The summed E-state index contributed by atoms with van der Waals surface area (Å²) >= 11 is 1.81. The van der Waals surface area contributed by atoms with E-state index in [9.17, 15) is 4.79 Å². The van der Waals surface area contributed by atoms with Gasteiger partial charge in [-0.3, -0.25) is 0 Å². The summed E-state index contributed by atoms with van der Waals surface area (Å²) in [6, 6.07) is 6.74. The number of benzene rings is 1. The van der Waals surface area contributed by atoms with Crippen LogP contribution in [-0.2, 0) is 5.75 Å². The number of carbonyl (C=O) groups excluding carboxylic acids is 1. The Bertz CT molecular complexity index is 447. The predicted octanol–water partition coefficient (Wildman–Crippen LogP) is 2.95. The van der Waals surface area contributed by atoms with Crippen molar-refractivity contribution in [3.8, 4) is 0 Å². The molecule has 2 rings (SSSR count). The molecule has 2 atom stereocenters. The van der Waals surface area contributed by atoms with Gasteiger partial charge < -0.3 is 10.6 Å². The molecule has 0 aromatic heterocycles. The van der Waals surface area contributed by atoms with Crippen LogP contribution >= 0.6 is 11.8 Å². The fraction of sp³-hybridized carbons (Fsp3) is 0.500. The molecular weight excluding hydrogens is 244 g/mol. The monoisotopic (exact) mass is 264 g/mol. The second kappa shape index (κ2) is 5.65. The van der Waals surface area contributed by atoms with Gasteiger partial charge in [-0.25, -0.2) is 4.79 Å². The maximum atomic E-state index is 11.4. The van der Waals surface area contributed by atoms with E-state index in [1.807, 2.05) is 18.7 Å². The van der Waals surface area contributed by atoms with Crippen molar-refractivity contribution in [2.24, 2.45) is 0 Å². The first-order valence-electron chi connectivity index (χ1n) is 6.29. The molecule has 1 aliphatic heterocycles. The van der Waals surface area contributed by atoms with E-state index in [0.717, 1.165) is 12.2 Å². The van der Waals surface area contributed by atoms with Crippen molar-refractivity contribution in [3.63, 3.8) is 0 Å². The molecule has 4 heteroatoms. The molecule has 0 bridgehead atoms. The normalized spacial score (nSPS) is 23.4. The van der Waals surface area contributed by atoms with Gasteiger partial charge in [0.15, 0.2) is 0 Å². The number of hydrogen-bond acceptors (Lipinski definition) is 2. The number of carbonyl (C=O) groups is 1. The Morgan fingerprint density at radius 2 is 2.11 bits per heavy atom. The van der Waals surface area contributed by atoms with Gasteiger partial charge in [-0.1, -0.05) is 23.8 Å². The van der Waals surface area contributed by atoms with Crippen LogP contribution in [0.5, 0.6) is 0 Å². The van der Waals surface area contributed by atoms with Crippen LogP contribution in [0.3, 0.4) is 0 Å². The first-order chi connectivity index (χ1) is 8.54. The van der Waals surface area contributed by atoms with Crippen molar-refractivity contribution >= 4 is 17.8 Å². The largest absolute Gasteiger partial charge is 0.336 e. The van der Waals surface area contributed by atoms with Gasteiger partial charge >= 0.3 is 6.03 Å². The van der Waals surface area contributed by atoms with Gasteiger partial charge in [0.2, 0.25) is 0 Å². The molecule has 3 nitrogen and oxygen atoms in total. The van der Waals surface area contributed by atoms with E-state index < -0.39 is 0 Å². The highest BCUT2D eigenvalue weighted by Crippen LogP contribution is 2.23. The third kappa shape index (κ3) is 3.42. The maximum Gasteiger partial charge on any atom is 0.315 e. The highest BCUT2D eigenvalue weighted by Gasteiger charge is 2.22. The molecule has 1 saturated heterocycles. The number of rotatable bonds is 3. The second-order valence-electron chi connectivity index (χ2n) is 4.98. The van der Waals surface area contributed by atoms with Gasteiger partial charge in [-0.15, -0.1) is 11.8 Å². The Morgan fingerprint density at radius 1 is 1.33 bits per heavy atom. The lowest BCUT2D eigenvalue weighted by Crippen LogP contribution is -2.52. The second-order valence-corrected chi connectivity index (χ2v) is 6.18. The molecule has 1 aromatic carbocycles. The Morgan fingerprint density at radius 3 is 2.83 bits per heavy atom. The van der Waals surface area contributed by atoms with Crippen molar-refractivity contribution < 1.29 is 4.79 Å². The highest BCUT2D eigenvalue weighted by atomic mass is 32.2. The molecule has 0 aliphatic carbocycles. The molecule has 2 unspecified atom stereocenters. The number of amides is 2. The van der Waals surface area contributed by atoms with E-state index in [2.05, 4.69) is 42.7 Å². The van der Waals surface area contributed by atoms with Gasteiger partial charge in [-0.2, -0.15) is 0 Å². The lowest BCUT2D eigenvalue weighted by atomic mass is 10.1. The maximum absolute atomic E-state index is 11.4. The van der Waals surface area contributed by atoms with Crippen LogP contribution in [0.4, 0.5) is 4.79 Å². The summed E-state index contributed by atoms with van der Waals surface area (Å²) in [5.74, 6) is 0.950. The molecule has 2 N–H and O–H groups in total. The van der Waals surface area contributed by atoms with Crippen LogP contribution in [0.15, 0.2) is 18.2 Å². The summed E-state index contributed by atoms with van der Waals surface area (Å²) in [6.07, 6.45) is 0.973. The van der Waals surface area contributed by atoms with Crippen LogP contribution in [0.2, 0.25) is 0 Å². The number of urea groups is 1. The standard InChI is InChI=1S/C14H20N2OS/c1-9-4-5-10(2)12(6-9)8-18-13-7-11(3)15-14(17)16-13/h4-6,11,13H,7-8H2,1-3H3,(H2,15,16,17). The zero-order valence-corrected chi connectivity index (χ0v) is 11.9. The van der Waals surface area contributed by atoms with Crippen LogP contribution < -0.4 is 10.6 Å². The number of nitrogens with one attached hydrogen (secondary N) is 2. The minimum atomic E-state index is -0.0489. The molecular formula is C14H20N2OS. The van der Waals surface area contributed by atoms with Crippen molar-refractivity contribution in [2.45, 2.75) is 44.4 Å². The van der Waals surface area contributed by atoms with E-state index in [0.29, 0.717) is 0 Å². The van der Waals surface area contributed by atoms with Gasteiger partial charge in [0.25, 0.3) is 0 Å². The fourth-order valence-corrected chi connectivity index (χ4v) is 3.41. The fourth-order valence-electron chi connectivity index (χ4n) is 2.11. The zero-order chi connectivity index (χ0) is 13.1. The summed E-state index contributed by atoms with van der Waals surface area (Å²) in [5.41, 5.74) is 3.97. The van der Waals surface area contributed by atoms with Gasteiger partial charge in [0.1, 0.15) is 0 Å². The summed E-state index contributed by atoms with van der Waals surface area (Å²) in [7, 11) is 0. The Labute approximate surface area is 113 Å². The third-order valence-electron chi connectivity index (χ3n) is 3.18. The number of aryl methyl sites for hydroxylation is 2. The Balaban J connectivity index is 1.94. The molecule has 0 saturated carbocycles. The topological polar surface area (TPSA) is 41.1 Å². The lowest BCUT2D eigenvalue weighted by Gasteiger charge is -2.28. The summed E-state index contributed by atoms with van der Waals surface area (Å²) < 4.78 is 0. The van der Waals surface area contributed by atoms with Crippen LogP contribution in [0, 0.1) is 13.8 Å². The van der Waals surface area contributed by atoms with Crippen molar-refractivity contribution in [1.29, 1.82) is 0 Å². The van der Waals surface area contributed by atoms with Gasteiger partial charge in [0.05, 0.1) is 5.37 Å². The smallest absolute Gasteiger partial charge is 0.315 e. The average Bonchev–Trinajstić information content (AvgIpc) is 2.29. The first kappa shape index (κ1) is 13.3. The predicted molar refractivity (Wildman–Crippen MR) is 76.7 cm³/mol. The third-order valence-corrected chi connectivity index (χ3v) is 4.37. The van der Waals surface area contributed by atoms with E-state index >= 15 is 0 Å². The molecule has 0 spiro atoms. The molecule has 1 fully saturated rings. The SMILES string of the molecule is Cc1ccc(C)c(CSC2CC(C)NC(=O)N2)c1. The molecule has 1 aliphatic rings. The van der Waals surface area contributed by atoms with Crippen molar-refractivity contribution in [3.05, 3.63) is 34.9 Å². The molecule has 1 aromatic rings. The number of hydrogen-bond donors (Lipinski definition) is 2. The minimum Gasteiger partial charge on any atom is -0.336 e. The van der Waals surface area contributed by atoms with Crippen molar-refractivity contribution in [1.82, 2.24) is 10.6 Å². The molecule has 18 heavy (non-hydrogen) atoms. The number of thioether (sulfide) groups is 1. The van der Waals surface area contributed by atoms with E-state index in [-0.39, 0.29) is 17.4 Å². The first-order valence-corrected chi connectivity index (χ1v) is 7.34. The van der Waals surface area contributed by atoms with E-state index in [1.54, 1.807) is 0 Å². The van der Waals surface area contributed by atoms with Gasteiger partial charge in [0, 0.05) is 11.8 Å².